The molecule has 0 spiro atoms. The number of benzene rings is 1. The van der Waals surface area contributed by atoms with Gasteiger partial charge in [0, 0.05) is 23.6 Å². The molecule has 1 aromatic heterocycles. The van der Waals surface area contributed by atoms with Crippen molar-refractivity contribution in [2.24, 2.45) is 0 Å². The van der Waals surface area contributed by atoms with Crippen molar-refractivity contribution in [3.63, 3.8) is 0 Å². The van der Waals surface area contributed by atoms with E-state index in [0.717, 1.165) is 25.9 Å². The van der Waals surface area contributed by atoms with Crippen LogP contribution in [0.3, 0.4) is 0 Å². The number of nitrogens with one attached hydrogen (secondary N) is 2. The summed E-state index contributed by atoms with van der Waals surface area (Å²) >= 11 is 0. The lowest BCUT2D eigenvalue weighted by atomic mass is 9.98. The Labute approximate surface area is 144 Å². The molecule has 0 unspecified atom stereocenters. The Morgan fingerprint density at radius 1 is 1.32 bits per heavy atom. The average molecular weight is 344 g/mol. The highest BCUT2D eigenvalue weighted by Crippen LogP contribution is 2.26. The maximum atomic E-state index is 12.1. The van der Waals surface area contributed by atoms with Crippen molar-refractivity contribution in [3.05, 3.63) is 35.7 Å². The summed E-state index contributed by atoms with van der Waals surface area (Å²) in [6, 6.07) is 6.88. The minimum absolute atomic E-state index is 0.0838. The summed E-state index contributed by atoms with van der Waals surface area (Å²) in [4.78, 5) is 27.1. The molecule has 1 fully saturated rings. The topological polar surface area (TPSA) is 117 Å². The van der Waals surface area contributed by atoms with E-state index < -0.39 is 5.97 Å². The second-order valence-electron chi connectivity index (χ2n) is 5.96. The number of carbonyl (C=O) groups excluding carboxylic acids is 1. The first-order valence-corrected chi connectivity index (χ1v) is 8.28. The van der Waals surface area contributed by atoms with Gasteiger partial charge in [0.25, 0.3) is 5.91 Å². The maximum absolute atomic E-state index is 12.1. The van der Waals surface area contributed by atoms with Crippen molar-refractivity contribution in [2.75, 3.05) is 19.6 Å². The molecule has 0 aliphatic carbocycles. The van der Waals surface area contributed by atoms with Gasteiger partial charge < -0.3 is 20.3 Å². The zero-order valence-corrected chi connectivity index (χ0v) is 13.7. The molecule has 0 saturated carbocycles. The number of carboxylic acid groups (broad SMARTS) is 1. The Hall–Kier alpha value is -2.74. The highest BCUT2D eigenvalue weighted by molar-refractivity contribution is 5.95. The SMILES string of the molecule is O=C(O)CCNC(=O)c1cccc(-c2noc(C3CCNCC3)n2)c1. The maximum Gasteiger partial charge on any atom is 0.305 e. The van der Waals surface area contributed by atoms with Gasteiger partial charge in [-0.15, -0.1) is 0 Å². The van der Waals surface area contributed by atoms with Crippen molar-refractivity contribution in [1.82, 2.24) is 20.8 Å². The van der Waals surface area contributed by atoms with E-state index in [4.69, 9.17) is 9.63 Å². The summed E-state index contributed by atoms with van der Waals surface area (Å²) in [5.41, 5.74) is 1.12. The number of hydrogen-bond acceptors (Lipinski definition) is 6. The molecule has 1 saturated heterocycles. The van der Waals surface area contributed by atoms with Crippen LogP contribution in [0.1, 0.15) is 41.4 Å². The number of rotatable bonds is 6. The highest BCUT2D eigenvalue weighted by Gasteiger charge is 2.22. The van der Waals surface area contributed by atoms with Crippen LogP contribution in [0.2, 0.25) is 0 Å². The first-order valence-electron chi connectivity index (χ1n) is 8.28. The molecular weight excluding hydrogens is 324 g/mol. The van der Waals surface area contributed by atoms with Gasteiger partial charge in [-0.05, 0) is 38.1 Å². The number of piperidine rings is 1. The molecule has 1 aromatic carbocycles. The first-order chi connectivity index (χ1) is 12.1. The van der Waals surface area contributed by atoms with Crippen LogP contribution in [-0.2, 0) is 4.79 Å². The van der Waals surface area contributed by atoms with Gasteiger partial charge in [0.15, 0.2) is 0 Å². The Kier molecular flexibility index (Phi) is 5.39. The van der Waals surface area contributed by atoms with Gasteiger partial charge in [-0.2, -0.15) is 4.98 Å². The van der Waals surface area contributed by atoms with E-state index in [1.54, 1.807) is 18.2 Å². The van der Waals surface area contributed by atoms with E-state index >= 15 is 0 Å². The molecule has 132 valence electrons. The van der Waals surface area contributed by atoms with Gasteiger partial charge in [-0.1, -0.05) is 17.3 Å². The third kappa shape index (κ3) is 4.42. The van der Waals surface area contributed by atoms with Crippen molar-refractivity contribution < 1.29 is 19.2 Å². The van der Waals surface area contributed by atoms with Crippen molar-refractivity contribution in [3.8, 4) is 11.4 Å². The second kappa shape index (κ2) is 7.89. The highest BCUT2D eigenvalue weighted by atomic mass is 16.5. The van der Waals surface area contributed by atoms with E-state index in [9.17, 15) is 9.59 Å². The fourth-order valence-electron chi connectivity index (χ4n) is 2.77. The molecule has 8 heteroatoms. The van der Waals surface area contributed by atoms with E-state index in [1.165, 1.54) is 0 Å². The van der Waals surface area contributed by atoms with Crippen LogP contribution in [0, 0.1) is 0 Å². The molecule has 0 radical (unpaired) electrons. The van der Waals surface area contributed by atoms with Crippen LogP contribution in [0.25, 0.3) is 11.4 Å². The smallest absolute Gasteiger partial charge is 0.305 e. The molecule has 0 bridgehead atoms. The zero-order valence-electron chi connectivity index (χ0n) is 13.7. The lowest BCUT2D eigenvalue weighted by Crippen LogP contribution is -2.26. The standard InChI is InChI=1S/C17H20N4O4/c22-14(23)6-9-19-16(24)13-3-1-2-12(10-13)15-20-17(25-21-15)11-4-7-18-8-5-11/h1-3,10-11,18H,4-9H2,(H,19,24)(H,22,23). The number of nitrogens with zero attached hydrogens (tertiary/aromatic N) is 2. The number of carbonyl (C=O) groups is 2. The zero-order chi connectivity index (χ0) is 17.6. The second-order valence-corrected chi connectivity index (χ2v) is 5.96. The summed E-state index contributed by atoms with van der Waals surface area (Å²) in [5.74, 6) is 0.0722. The van der Waals surface area contributed by atoms with E-state index in [2.05, 4.69) is 20.8 Å². The normalized spacial score (nSPS) is 15.0. The molecular formula is C17H20N4O4. The molecule has 2 heterocycles. The van der Waals surface area contributed by atoms with Crippen LogP contribution >= 0.6 is 0 Å². The van der Waals surface area contributed by atoms with Crippen LogP contribution in [-0.4, -0.2) is 46.8 Å². The molecule has 1 aliphatic heterocycles. The van der Waals surface area contributed by atoms with E-state index in [1.807, 2.05) is 6.07 Å². The number of hydrogen-bond donors (Lipinski definition) is 3. The van der Waals surface area contributed by atoms with Gasteiger partial charge in [0.05, 0.1) is 6.42 Å². The molecule has 3 rings (SSSR count). The molecule has 2 aromatic rings. The molecule has 3 N–H and O–H groups in total. The Bertz CT molecular complexity index is 753. The number of carboxylic acids is 1. The van der Waals surface area contributed by atoms with Crippen molar-refractivity contribution >= 4 is 11.9 Å². The lowest BCUT2D eigenvalue weighted by molar-refractivity contribution is -0.136. The summed E-state index contributed by atoms with van der Waals surface area (Å²) in [6.07, 6.45) is 1.82. The minimum Gasteiger partial charge on any atom is -0.481 e. The third-order valence-corrected chi connectivity index (χ3v) is 4.14. The Morgan fingerprint density at radius 3 is 2.88 bits per heavy atom. The molecule has 1 aliphatic rings. The van der Waals surface area contributed by atoms with Gasteiger partial charge in [0.2, 0.25) is 11.7 Å². The van der Waals surface area contributed by atoms with Gasteiger partial charge >= 0.3 is 5.97 Å². The Morgan fingerprint density at radius 2 is 2.12 bits per heavy atom. The number of aliphatic carboxylic acids is 1. The van der Waals surface area contributed by atoms with Crippen LogP contribution in [0.5, 0.6) is 0 Å². The van der Waals surface area contributed by atoms with Crippen LogP contribution in [0.15, 0.2) is 28.8 Å². The van der Waals surface area contributed by atoms with Gasteiger partial charge in [-0.25, -0.2) is 0 Å². The van der Waals surface area contributed by atoms with Crippen LogP contribution in [0.4, 0.5) is 0 Å². The average Bonchev–Trinajstić information content (AvgIpc) is 3.12. The predicted molar refractivity (Wildman–Crippen MR) is 89.2 cm³/mol. The summed E-state index contributed by atoms with van der Waals surface area (Å²) in [7, 11) is 0. The summed E-state index contributed by atoms with van der Waals surface area (Å²) < 4.78 is 5.40. The quantitative estimate of drug-likeness (QED) is 0.725. The first kappa shape index (κ1) is 17.1. The largest absolute Gasteiger partial charge is 0.481 e. The van der Waals surface area contributed by atoms with Gasteiger partial charge in [0.1, 0.15) is 0 Å². The minimum atomic E-state index is -0.953. The molecule has 0 atom stereocenters. The van der Waals surface area contributed by atoms with E-state index in [-0.39, 0.29) is 24.8 Å². The van der Waals surface area contributed by atoms with Crippen molar-refractivity contribution in [1.29, 1.82) is 0 Å². The summed E-state index contributed by atoms with van der Waals surface area (Å²) in [6.45, 7) is 1.96. The predicted octanol–water partition coefficient (Wildman–Crippen LogP) is 1.41. The molecule has 1 amide bonds. The third-order valence-electron chi connectivity index (χ3n) is 4.14. The fraction of sp³-hybridized carbons (Fsp3) is 0.412. The monoisotopic (exact) mass is 344 g/mol. The fourth-order valence-corrected chi connectivity index (χ4v) is 2.77. The van der Waals surface area contributed by atoms with Crippen molar-refractivity contribution in [2.45, 2.75) is 25.2 Å². The van der Waals surface area contributed by atoms with E-state index in [0.29, 0.717) is 22.8 Å². The lowest BCUT2D eigenvalue weighted by Gasteiger charge is -2.18. The summed E-state index contributed by atoms with van der Waals surface area (Å²) in [5, 5.41) is 18.5. The Balaban J connectivity index is 1.69. The van der Waals surface area contributed by atoms with Crippen LogP contribution < -0.4 is 10.6 Å². The molecule has 8 nitrogen and oxygen atoms in total. The number of amides is 1. The molecule has 25 heavy (non-hydrogen) atoms. The number of aromatic nitrogens is 2. The van der Waals surface area contributed by atoms with Gasteiger partial charge in [-0.3, -0.25) is 9.59 Å².